The van der Waals surface area contributed by atoms with Gasteiger partial charge in [-0.3, -0.25) is 0 Å². The van der Waals surface area contributed by atoms with Gasteiger partial charge in [-0.2, -0.15) is 0 Å². The summed E-state index contributed by atoms with van der Waals surface area (Å²) in [5.74, 6) is 1.55. The molecule has 0 aromatic heterocycles. The molecule has 1 saturated heterocycles. The van der Waals surface area contributed by atoms with Crippen LogP contribution >= 0.6 is 15.9 Å². The van der Waals surface area contributed by atoms with Gasteiger partial charge in [0.15, 0.2) is 0 Å². The average Bonchev–Trinajstić information content (AvgIpc) is 2.64. The Bertz CT molecular complexity index is 624. The first-order valence-corrected chi connectivity index (χ1v) is 9.81. The fraction of sp³-hybridized carbons (Fsp3) is 0.429. The predicted molar refractivity (Wildman–Crippen MR) is 105 cm³/mol. The lowest BCUT2D eigenvalue weighted by molar-refractivity contribution is 0.0550. The summed E-state index contributed by atoms with van der Waals surface area (Å²) < 4.78 is 6.69. The summed E-state index contributed by atoms with van der Waals surface area (Å²) in [4.78, 5) is 2.36. The van der Waals surface area contributed by atoms with Crippen LogP contribution in [0.5, 0.6) is 5.75 Å². The van der Waals surface area contributed by atoms with Gasteiger partial charge in [-0.1, -0.05) is 46.3 Å². The molecule has 1 N–H and O–H groups in total. The number of nitrogens with zero attached hydrogens (tertiary/aromatic N) is 1. The Labute approximate surface area is 158 Å². The van der Waals surface area contributed by atoms with E-state index in [1.54, 1.807) is 0 Å². The number of benzene rings is 2. The van der Waals surface area contributed by atoms with Crippen molar-refractivity contribution in [2.75, 3.05) is 26.2 Å². The molecule has 4 heteroatoms. The van der Waals surface area contributed by atoms with Crippen LogP contribution in [0, 0.1) is 5.92 Å². The minimum absolute atomic E-state index is 0.339. The fourth-order valence-corrected chi connectivity index (χ4v) is 3.66. The highest BCUT2D eigenvalue weighted by Crippen LogP contribution is 2.22. The molecule has 1 atom stereocenters. The van der Waals surface area contributed by atoms with Crippen LogP contribution < -0.4 is 4.74 Å². The molecule has 1 aliphatic heterocycles. The van der Waals surface area contributed by atoms with Crippen molar-refractivity contribution in [3.8, 4) is 5.75 Å². The molecule has 0 radical (unpaired) electrons. The Hall–Kier alpha value is -1.36. The number of likely N-dealkylation sites (tertiary alicyclic amines) is 1. The van der Waals surface area contributed by atoms with Crippen LogP contribution in [0.25, 0.3) is 0 Å². The van der Waals surface area contributed by atoms with E-state index in [0.29, 0.717) is 13.2 Å². The zero-order valence-electron chi connectivity index (χ0n) is 14.5. The third kappa shape index (κ3) is 6.14. The second-order valence-corrected chi connectivity index (χ2v) is 7.77. The maximum Gasteiger partial charge on any atom is 0.119 e. The molecular formula is C21H26BrNO2. The van der Waals surface area contributed by atoms with E-state index in [1.807, 2.05) is 24.3 Å². The number of aliphatic hydroxyl groups is 1. The number of aliphatic hydroxyl groups excluding tert-OH is 1. The van der Waals surface area contributed by atoms with E-state index in [1.165, 1.54) is 24.8 Å². The van der Waals surface area contributed by atoms with Crippen molar-refractivity contribution in [1.29, 1.82) is 0 Å². The standard InChI is InChI=1S/C21H26BrNO2/c22-19-6-8-21(9-7-19)25-16-20(24)15-23-12-10-18(11-13-23)14-17-4-2-1-3-5-17/h1-9,18,20,24H,10-16H2/t20-/m1/s1. The SMILES string of the molecule is O[C@@H](COc1ccc(Br)cc1)CN1CCC(Cc2ccccc2)CC1. The second-order valence-electron chi connectivity index (χ2n) is 6.85. The molecule has 0 spiro atoms. The number of β-amino-alcohol motifs (C(OH)–C–C–N with tert-alkyl or cyclic N) is 1. The Morgan fingerprint density at radius 1 is 1.04 bits per heavy atom. The van der Waals surface area contributed by atoms with Gasteiger partial charge in [0.05, 0.1) is 0 Å². The van der Waals surface area contributed by atoms with E-state index in [0.717, 1.165) is 29.2 Å². The van der Waals surface area contributed by atoms with Crippen LogP contribution in [0.1, 0.15) is 18.4 Å². The molecular weight excluding hydrogens is 378 g/mol. The third-order valence-electron chi connectivity index (χ3n) is 4.80. The van der Waals surface area contributed by atoms with Gasteiger partial charge < -0.3 is 14.7 Å². The molecule has 2 aromatic carbocycles. The molecule has 0 unspecified atom stereocenters. The zero-order chi connectivity index (χ0) is 17.5. The summed E-state index contributed by atoms with van der Waals surface area (Å²) in [6.07, 6.45) is 3.13. The van der Waals surface area contributed by atoms with Gasteiger partial charge in [0.25, 0.3) is 0 Å². The summed E-state index contributed by atoms with van der Waals surface area (Å²) in [7, 11) is 0. The average molecular weight is 404 g/mol. The normalized spacial score (nSPS) is 17.4. The largest absolute Gasteiger partial charge is 0.491 e. The predicted octanol–water partition coefficient (Wildman–Crippen LogP) is 4.14. The third-order valence-corrected chi connectivity index (χ3v) is 5.33. The highest BCUT2D eigenvalue weighted by atomic mass is 79.9. The number of rotatable bonds is 7. The van der Waals surface area contributed by atoms with Crippen molar-refractivity contribution in [1.82, 2.24) is 4.90 Å². The topological polar surface area (TPSA) is 32.7 Å². The van der Waals surface area contributed by atoms with Crippen LogP contribution in [-0.2, 0) is 6.42 Å². The summed E-state index contributed by atoms with van der Waals surface area (Å²) in [6, 6.07) is 18.4. The van der Waals surface area contributed by atoms with Gasteiger partial charge in [-0.25, -0.2) is 0 Å². The van der Waals surface area contributed by atoms with Crippen LogP contribution in [-0.4, -0.2) is 42.4 Å². The molecule has 0 amide bonds. The number of piperidine rings is 1. The highest BCUT2D eigenvalue weighted by molar-refractivity contribution is 9.10. The number of hydrogen-bond acceptors (Lipinski definition) is 3. The van der Waals surface area contributed by atoms with Gasteiger partial charge in [-0.05, 0) is 68.1 Å². The quantitative estimate of drug-likeness (QED) is 0.753. The molecule has 0 aliphatic carbocycles. The van der Waals surface area contributed by atoms with Crippen LogP contribution in [0.2, 0.25) is 0 Å². The molecule has 2 aromatic rings. The first-order valence-electron chi connectivity index (χ1n) is 9.02. The minimum Gasteiger partial charge on any atom is -0.491 e. The molecule has 3 rings (SSSR count). The molecule has 1 heterocycles. The lowest BCUT2D eigenvalue weighted by Crippen LogP contribution is -2.41. The Kier molecular flexibility index (Phi) is 6.91. The molecule has 0 saturated carbocycles. The molecule has 0 bridgehead atoms. The number of hydrogen-bond donors (Lipinski definition) is 1. The van der Waals surface area contributed by atoms with E-state index >= 15 is 0 Å². The Balaban J connectivity index is 1.36. The van der Waals surface area contributed by atoms with Crippen molar-refractivity contribution < 1.29 is 9.84 Å². The van der Waals surface area contributed by atoms with E-state index in [2.05, 4.69) is 51.2 Å². The van der Waals surface area contributed by atoms with Crippen LogP contribution in [0.3, 0.4) is 0 Å². The summed E-state index contributed by atoms with van der Waals surface area (Å²) in [6.45, 7) is 3.15. The lowest BCUT2D eigenvalue weighted by atomic mass is 9.90. The Morgan fingerprint density at radius 3 is 2.40 bits per heavy atom. The summed E-state index contributed by atoms with van der Waals surface area (Å²) >= 11 is 3.41. The first kappa shape index (κ1) is 18.4. The molecule has 25 heavy (non-hydrogen) atoms. The fourth-order valence-electron chi connectivity index (χ4n) is 3.39. The van der Waals surface area contributed by atoms with E-state index in [4.69, 9.17) is 4.74 Å². The van der Waals surface area contributed by atoms with Crippen molar-refractivity contribution in [2.45, 2.75) is 25.4 Å². The first-order chi connectivity index (χ1) is 12.2. The summed E-state index contributed by atoms with van der Waals surface area (Å²) in [5, 5.41) is 10.2. The Morgan fingerprint density at radius 2 is 1.72 bits per heavy atom. The van der Waals surface area contributed by atoms with Crippen molar-refractivity contribution in [3.63, 3.8) is 0 Å². The molecule has 1 aliphatic rings. The van der Waals surface area contributed by atoms with Crippen LogP contribution in [0.15, 0.2) is 59.1 Å². The van der Waals surface area contributed by atoms with Crippen molar-refractivity contribution >= 4 is 15.9 Å². The second kappa shape index (κ2) is 9.37. The monoisotopic (exact) mass is 403 g/mol. The van der Waals surface area contributed by atoms with E-state index in [9.17, 15) is 5.11 Å². The lowest BCUT2D eigenvalue weighted by Gasteiger charge is -2.33. The minimum atomic E-state index is -0.450. The maximum atomic E-state index is 10.2. The number of ether oxygens (including phenoxy) is 1. The van der Waals surface area contributed by atoms with Gasteiger partial charge in [0.1, 0.15) is 18.5 Å². The van der Waals surface area contributed by atoms with Gasteiger partial charge in [0, 0.05) is 11.0 Å². The molecule has 1 fully saturated rings. The summed E-state index contributed by atoms with van der Waals surface area (Å²) in [5.41, 5.74) is 1.43. The van der Waals surface area contributed by atoms with Crippen molar-refractivity contribution in [3.05, 3.63) is 64.6 Å². The van der Waals surface area contributed by atoms with E-state index < -0.39 is 6.10 Å². The van der Waals surface area contributed by atoms with Crippen LogP contribution in [0.4, 0.5) is 0 Å². The smallest absolute Gasteiger partial charge is 0.119 e. The van der Waals surface area contributed by atoms with Gasteiger partial charge >= 0.3 is 0 Å². The number of halogens is 1. The highest BCUT2D eigenvalue weighted by Gasteiger charge is 2.21. The zero-order valence-corrected chi connectivity index (χ0v) is 16.1. The van der Waals surface area contributed by atoms with E-state index in [-0.39, 0.29) is 0 Å². The van der Waals surface area contributed by atoms with Gasteiger partial charge in [0.2, 0.25) is 0 Å². The van der Waals surface area contributed by atoms with Gasteiger partial charge in [-0.15, -0.1) is 0 Å². The maximum absolute atomic E-state index is 10.2. The van der Waals surface area contributed by atoms with Crippen molar-refractivity contribution in [2.24, 2.45) is 5.92 Å². The molecule has 134 valence electrons. The molecule has 3 nitrogen and oxygen atoms in total.